The van der Waals surface area contributed by atoms with Crippen molar-refractivity contribution in [3.05, 3.63) is 63.9 Å². The normalized spacial score (nSPS) is 13.4. The topological polar surface area (TPSA) is 42.4 Å². The number of amides is 1. The number of halogens is 2. The second-order valence-electron chi connectivity index (χ2n) is 6.15. The Morgan fingerprint density at radius 1 is 1.30 bits per heavy atom. The van der Waals surface area contributed by atoms with Gasteiger partial charge in [-0.3, -0.25) is 4.79 Å². The average molecular weight is 403 g/mol. The molecule has 0 spiro atoms. The minimum absolute atomic E-state index is 0.184. The van der Waals surface area contributed by atoms with Crippen LogP contribution in [0.4, 0.5) is 10.1 Å². The maximum Gasteiger partial charge on any atom is 0.270 e. The van der Waals surface area contributed by atoms with Gasteiger partial charge in [-0.15, -0.1) is 11.3 Å². The summed E-state index contributed by atoms with van der Waals surface area (Å²) in [5.41, 5.74) is 2.01. The summed E-state index contributed by atoms with van der Waals surface area (Å²) in [4.78, 5) is 19.6. The van der Waals surface area contributed by atoms with Crippen LogP contribution in [0.5, 0.6) is 5.75 Å². The van der Waals surface area contributed by atoms with Crippen molar-refractivity contribution in [1.29, 1.82) is 0 Å². The van der Waals surface area contributed by atoms with Crippen molar-refractivity contribution in [2.75, 3.05) is 18.6 Å². The number of aromatic nitrogens is 1. The third-order valence-corrected chi connectivity index (χ3v) is 5.93. The van der Waals surface area contributed by atoms with Crippen molar-refractivity contribution in [2.24, 2.45) is 0 Å². The average Bonchev–Trinajstić information content (AvgIpc) is 3.18. The summed E-state index contributed by atoms with van der Waals surface area (Å²) in [6.45, 7) is 0.565. The number of nitrogens with zero attached hydrogens (tertiary/aromatic N) is 2. The molecule has 4 rings (SSSR count). The number of methoxy groups -OCH3 is 1. The Kier molecular flexibility index (Phi) is 4.85. The van der Waals surface area contributed by atoms with E-state index in [1.54, 1.807) is 42.3 Å². The molecule has 2 aromatic carbocycles. The zero-order chi connectivity index (χ0) is 19.0. The molecule has 0 fully saturated rings. The molecule has 0 saturated heterocycles. The number of hydrogen-bond acceptors (Lipinski definition) is 4. The minimum atomic E-state index is -0.359. The third kappa shape index (κ3) is 3.19. The molecule has 1 amide bonds. The van der Waals surface area contributed by atoms with Crippen molar-refractivity contribution in [2.45, 2.75) is 12.8 Å². The Balaban J connectivity index is 1.72. The lowest BCUT2D eigenvalue weighted by Crippen LogP contribution is -2.35. The van der Waals surface area contributed by atoms with Crippen LogP contribution in [0.3, 0.4) is 0 Å². The van der Waals surface area contributed by atoms with Crippen LogP contribution < -0.4 is 9.64 Å². The summed E-state index contributed by atoms with van der Waals surface area (Å²) in [5, 5.41) is 1.10. The fourth-order valence-corrected chi connectivity index (χ4v) is 4.42. The maximum atomic E-state index is 14.0. The smallest absolute Gasteiger partial charge is 0.270 e. The van der Waals surface area contributed by atoms with Gasteiger partial charge < -0.3 is 9.64 Å². The summed E-state index contributed by atoms with van der Waals surface area (Å²) in [7, 11) is 1.57. The van der Waals surface area contributed by atoms with Crippen molar-refractivity contribution in [1.82, 2.24) is 4.98 Å². The summed E-state index contributed by atoms with van der Waals surface area (Å²) in [6, 6.07) is 9.96. The highest BCUT2D eigenvalue weighted by atomic mass is 35.5. The van der Waals surface area contributed by atoms with Crippen LogP contribution in [0, 0.1) is 5.82 Å². The molecule has 138 valence electrons. The monoisotopic (exact) mass is 402 g/mol. The van der Waals surface area contributed by atoms with Crippen LogP contribution in [0.2, 0.25) is 5.02 Å². The van der Waals surface area contributed by atoms with E-state index < -0.39 is 0 Å². The van der Waals surface area contributed by atoms with Gasteiger partial charge in [0.05, 0.1) is 19.0 Å². The van der Waals surface area contributed by atoms with E-state index in [-0.39, 0.29) is 11.7 Å². The van der Waals surface area contributed by atoms with Gasteiger partial charge in [-0.1, -0.05) is 23.7 Å². The Morgan fingerprint density at radius 3 is 2.89 bits per heavy atom. The molecule has 0 unspecified atom stereocenters. The first-order chi connectivity index (χ1) is 13.1. The fourth-order valence-electron chi connectivity index (χ4n) is 3.28. The molecule has 1 aliphatic heterocycles. The highest BCUT2D eigenvalue weighted by Gasteiger charge is 2.29. The van der Waals surface area contributed by atoms with E-state index in [0.717, 1.165) is 18.4 Å². The number of carbonyl (C=O) groups excluding carboxylic acids is 1. The first kappa shape index (κ1) is 17.9. The van der Waals surface area contributed by atoms with Gasteiger partial charge in [0.2, 0.25) is 0 Å². The highest BCUT2D eigenvalue weighted by molar-refractivity contribution is 7.17. The van der Waals surface area contributed by atoms with E-state index in [9.17, 15) is 9.18 Å². The zero-order valence-corrected chi connectivity index (χ0v) is 16.1. The quantitative estimate of drug-likeness (QED) is 0.604. The zero-order valence-electron chi connectivity index (χ0n) is 14.5. The molecule has 0 saturated carbocycles. The molecule has 0 aliphatic carbocycles. The van der Waals surface area contributed by atoms with Crippen LogP contribution in [0.1, 0.15) is 21.7 Å². The molecule has 3 aromatic rings. The van der Waals surface area contributed by atoms with E-state index in [0.29, 0.717) is 38.5 Å². The Bertz CT molecular complexity index is 1020. The van der Waals surface area contributed by atoms with Crippen molar-refractivity contribution >= 4 is 34.5 Å². The second kappa shape index (κ2) is 7.29. The van der Waals surface area contributed by atoms with Crippen molar-refractivity contribution < 1.29 is 13.9 Å². The van der Waals surface area contributed by atoms with E-state index in [1.807, 2.05) is 0 Å². The molecule has 0 radical (unpaired) electrons. The molecule has 7 heteroatoms. The van der Waals surface area contributed by atoms with E-state index >= 15 is 0 Å². The summed E-state index contributed by atoms with van der Waals surface area (Å²) in [5.74, 6) is 0.0699. The summed E-state index contributed by atoms with van der Waals surface area (Å²) in [6.07, 6.45) is 3.10. The second-order valence-corrected chi connectivity index (χ2v) is 7.58. The SMILES string of the molecule is COc1ccc(Cl)c2c1N(C(=O)c1cnc(-c3ccccc3F)s1)CCC2. The molecule has 27 heavy (non-hydrogen) atoms. The molecule has 2 heterocycles. The van der Waals surface area contributed by atoms with Gasteiger partial charge in [0.25, 0.3) is 5.91 Å². The predicted molar refractivity (Wildman–Crippen MR) is 106 cm³/mol. The number of hydrogen-bond donors (Lipinski definition) is 0. The summed E-state index contributed by atoms with van der Waals surface area (Å²) >= 11 is 7.52. The number of rotatable bonds is 3. The van der Waals surface area contributed by atoms with Crippen LogP contribution in [-0.2, 0) is 6.42 Å². The number of carbonyl (C=O) groups is 1. The predicted octanol–water partition coefficient (Wildman–Crippen LogP) is 5.20. The molecular weight excluding hydrogens is 387 g/mol. The Hall–Kier alpha value is -2.44. The molecule has 4 nitrogen and oxygen atoms in total. The van der Waals surface area contributed by atoms with Crippen LogP contribution >= 0.6 is 22.9 Å². The lowest BCUT2D eigenvalue weighted by atomic mass is 10.0. The summed E-state index contributed by atoms with van der Waals surface area (Å²) < 4.78 is 19.5. The number of benzene rings is 2. The molecule has 0 atom stereocenters. The van der Waals surface area contributed by atoms with Gasteiger partial charge in [0, 0.05) is 17.1 Å². The van der Waals surface area contributed by atoms with E-state index in [2.05, 4.69) is 4.98 Å². The molecule has 0 N–H and O–H groups in total. The lowest BCUT2D eigenvalue weighted by molar-refractivity contribution is 0.0988. The fraction of sp³-hybridized carbons (Fsp3) is 0.200. The molecule has 1 aliphatic rings. The number of fused-ring (bicyclic) bond motifs is 1. The van der Waals surface area contributed by atoms with Gasteiger partial charge in [0.1, 0.15) is 21.5 Å². The number of thiazole rings is 1. The van der Waals surface area contributed by atoms with Gasteiger partial charge in [-0.05, 0) is 42.7 Å². The van der Waals surface area contributed by atoms with Gasteiger partial charge >= 0.3 is 0 Å². The van der Waals surface area contributed by atoms with Gasteiger partial charge in [0.15, 0.2) is 0 Å². The number of anilines is 1. The van der Waals surface area contributed by atoms with Crippen molar-refractivity contribution in [3.8, 4) is 16.3 Å². The van der Waals surface area contributed by atoms with E-state index in [4.69, 9.17) is 16.3 Å². The van der Waals surface area contributed by atoms with Crippen molar-refractivity contribution in [3.63, 3.8) is 0 Å². The molecule has 0 bridgehead atoms. The lowest BCUT2D eigenvalue weighted by Gasteiger charge is -2.31. The highest BCUT2D eigenvalue weighted by Crippen LogP contribution is 2.41. The minimum Gasteiger partial charge on any atom is -0.495 e. The first-order valence-corrected chi connectivity index (χ1v) is 9.67. The van der Waals surface area contributed by atoms with E-state index in [1.165, 1.54) is 23.6 Å². The molecule has 1 aromatic heterocycles. The number of ether oxygens (including phenoxy) is 1. The largest absolute Gasteiger partial charge is 0.495 e. The Morgan fingerprint density at radius 2 is 2.11 bits per heavy atom. The Labute approximate surface area is 165 Å². The third-order valence-electron chi connectivity index (χ3n) is 4.55. The van der Waals surface area contributed by atoms with Gasteiger partial charge in [-0.25, -0.2) is 9.37 Å². The van der Waals surface area contributed by atoms with Crippen LogP contribution in [0.25, 0.3) is 10.6 Å². The first-order valence-electron chi connectivity index (χ1n) is 8.48. The molecular formula is C20H16ClFN2O2S. The van der Waals surface area contributed by atoms with Crippen LogP contribution in [-0.4, -0.2) is 24.5 Å². The van der Waals surface area contributed by atoms with Gasteiger partial charge in [-0.2, -0.15) is 0 Å². The van der Waals surface area contributed by atoms with Crippen LogP contribution in [0.15, 0.2) is 42.6 Å². The standard InChI is InChI=1S/C20H16ClFN2O2S/c1-26-16-9-8-14(21)12-6-4-10-24(18(12)16)20(25)17-11-23-19(27-17)13-5-2-3-7-15(13)22/h2-3,5,7-9,11H,4,6,10H2,1H3. The maximum absolute atomic E-state index is 14.0.